The first-order valence-electron chi connectivity index (χ1n) is 5.64. The van der Waals surface area contributed by atoms with Gasteiger partial charge in [0.1, 0.15) is 17.5 Å². The number of aryl methyl sites for hydroxylation is 1. The second-order valence-corrected chi connectivity index (χ2v) is 4.17. The average Bonchev–Trinajstić information content (AvgIpc) is 2.76. The summed E-state index contributed by atoms with van der Waals surface area (Å²) in [4.78, 5) is 21.3. The van der Waals surface area contributed by atoms with Crippen molar-refractivity contribution in [2.75, 3.05) is 5.73 Å². The maximum atomic E-state index is 11.0. The van der Waals surface area contributed by atoms with Crippen molar-refractivity contribution in [3.05, 3.63) is 45.1 Å². The van der Waals surface area contributed by atoms with Crippen molar-refractivity contribution in [3.63, 3.8) is 0 Å². The van der Waals surface area contributed by atoms with Gasteiger partial charge in [0.05, 0.1) is 10.6 Å². The molecule has 2 rings (SSSR count). The molecule has 9 heteroatoms. The highest BCUT2D eigenvalue weighted by Gasteiger charge is 2.23. The lowest BCUT2D eigenvalue weighted by molar-refractivity contribution is -0.384. The number of non-ortho nitro benzene ring substituents is 1. The van der Waals surface area contributed by atoms with Crippen LogP contribution < -0.4 is 5.73 Å². The summed E-state index contributed by atoms with van der Waals surface area (Å²) in [6.07, 6.45) is 0. The van der Waals surface area contributed by atoms with Gasteiger partial charge >= 0.3 is 5.97 Å². The molecule has 1 heterocycles. The van der Waals surface area contributed by atoms with Crippen LogP contribution in [0.2, 0.25) is 0 Å². The molecule has 0 amide bonds. The van der Waals surface area contributed by atoms with E-state index >= 15 is 0 Å². The van der Waals surface area contributed by atoms with Gasteiger partial charge in [-0.2, -0.15) is 10.4 Å². The number of nitro groups is 1. The fourth-order valence-corrected chi connectivity index (χ4v) is 1.81. The predicted octanol–water partition coefficient (Wildman–Crippen LogP) is 1.24. The third-order valence-corrected chi connectivity index (χ3v) is 2.87. The summed E-state index contributed by atoms with van der Waals surface area (Å²) in [5, 5.41) is 32.5. The zero-order valence-electron chi connectivity index (χ0n) is 10.8. The third-order valence-electron chi connectivity index (χ3n) is 2.87. The van der Waals surface area contributed by atoms with Gasteiger partial charge in [-0.1, -0.05) is 6.07 Å². The largest absolute Gasteiger partial charge is 0.476 e. The number of carbonyl (C=O) groups is 1. The van der Waals surface area contributed by atoms with Crippen LogP contribution in [0, 0.1) is 28.4 Å². The molecule has 0 aliphatic carbocycles. The Labute approximate surface area is 118 Å². The van der Waals surface area contributed by atoms with E-state index in [0.29, 0.717) is 5.56 Å². The van der Waals surface area contributed by atoms with Crippen molar-refractivity contribution < 1.29 is 14.8 Å². The quantitative estimate of drug-likeness (QED) is 0.637. The van der Waals surface area contributed by atoms with Crippen LogP contribution in [0.5, 0.6) is 0 Å². The number of benzene rings is 1. The van der Waals surface area contributed by atoms with Crippen LogP contribution in [0.4, 0.5) is 11.5 Å². The van der Waals surface area contributed by atoms with E-state index < -0.39 is 16.6 Å². The first-order chi connectivity index (χ1) is 9.86. The van der Waals surface area contributed by atoms with E-state index in [-0.39, 0.29) is 22.8 Å². The minimum absolute atomic E-state index is 0.182. The normalized spacial score (nSPS) is 10.1. The summed E-state index contributed by atoms with van der Waals surface area (Å²) < 4.78 is 1.02. The Kier molecular flexibility index (Phi) is 3.29. The van der Waals surface area contributed by atoms with E-state index in [0.717, 1.165) is 4.68 Å². The van der Waals surface area contributed by atoms with Crippen LogP contribution in [-0.4, -0.2) is 25.8 Å². The SMILES string of the molecule is Cc1ccc([N+](=O)[O-])cc1-n1nc(C(=O)O)c(C#N)c1N. The molecule has 0 aliphatic heterocycles. The number of aromatic nitrogens is 2. The van der Waals surface area contributed by atoms with Gasteiger partial charge in [0.15, 0.2) is 5.69 Å². The second kappa shape index (κ2) is 4.93. The first kappa shape index (κ1) is 14.0. The molecule has 1 aromatic heterocycles. The highest BCUT2D eigenvalue weighted by molar-refractivity contribution is 5.90. The van der Waals surface area contributed by atoms with Gasteiger partial charge in [0.2, 0.25) is 0 Å². The molecule has 1 aromatic carbocycles. The minimum atomic E-state index is -1.40. The molecule has 0 atom stereocenters. The van der Waals surface area contributed by atoms with Crippen molar-refractivity contribution in [2.24, 2.45) is 0 Å². The Hall–Kier alpha value is -3.41. The lowest BCUT2D eigenvalue weighted by atomic mass is 10.2. The second-order valence-electron chi connectivity index (χ2n) is 4.17. The smallest absolute Gasteiger partial charge is 0.357 e. The maximum absolute atomic E-state index is 11.0. The Bertz CT molecular complexity index is 803. The molecular formula is C12H9N5O4. The molecule has 0 saturated carbocycles. The van der Waals surface area contributed by atoms with Gasteiger partial charge in [0, 0.05) is 12.1 Å². The average molecular weight is 287 g/mol. The fourth-order valence-electron chi connectivity index (χ4n) is 1.81. The van der Waals surface area contributed by atoms with Crippen molar-refractivity contribution >= 4 is 17.5 Å². The van der Waals surface area contributed by atoms with Gasteiger partial charge in [-0.25, -0.2) is 9.48 Å². The molecule has 21 heavy (non-hydrogen) atoms. The van der Waals surface area contributed by atoms with Gasteiger partial charge < -0.3 is 10.8 Å². The monoisotopic (exact) mass is 287 g/mol. The maximum Gasteiger partial charge on any atom is 0.357 e. The van der Waals surface area contributed by atoms with Crippen LogP contribution in [0.25, 0.3) is 5.69 Å². The van der Waals surface area contributed by atoms with Crippen LogP contribution in [0.1, 0.15) is 21.6 Å². The van der Waals surface area contributed by atoms with Crippen molar-refractivity contribution in [3.8, 4) is 11.8 Å². The van der Waals surface area contributed by atoms with E-state index in [1.165, 1.54) is 18.2 Å². The molecule has 0 aliphatic rings. The van der Waals surface area contributed by atoms with Gasteiger partial charge in [0.25, 0.3) is 5.69 Å². The summed E-state index contributed by atoms with van der Waals surface area (Å²) in [5.41, 5.74) is 5.58. The summed E-state index contributed by atoms with van der Waals surface area (Å²) in [6.45, 7) is 1.66. The molecule has 2 aromatic rings. The number of nitrogens with zero attached hydrogens (tertiary/aromatic N) is 4. The molecule has 0 unspecified atom stereocenters. The molecule has 9 nitrogen and oxygen atoms in total. The molecule has 0 saturated heterocycles. The van der Waals surface area contributed by atoms with Gasteiger partial charge in [-0.15, -0.1) is 0 Å². The van der Waals surface area contributed by atoms with Crippen LogP contribution in [0.15, 0.2) is 18.2 Å². The van der Waals surface area contributed by atoms with Crippen molar-refractivity contribution in [1.82, 2.24) is 9.78 Å². The number of carboxylic acid groups (broad SMARTS) is 1. The molecule has 0 fully saturated rings. The lowest BCUT2D eigenvalue weighted by Crippen LogP contribution is -2.06. The highest BCUT2D eigenvalue weighted by Crippen LogP contribution is 2.25. The number of rotatable bonds is 3. The topological polar surface area (TPSA) is 148 Å². The minimum Gasteiger partial charge on any atom is -0.476 e. The molecule has 3 N–H and O–H groups in total. The highest BCUT2D eigenvalue weighted by atomic mass is 16.6. The number of nitriles is 1. The van der Waals surface area contributed by atoms with Crippen LogP contribution in [0.3, 0.4) is 0 Å². The number of hydrogen-bond donors (Lipinski definition) is 2. The predicted molar refractivity (Wildman–Crippen MR) is 71.0 cm³/mol. The van der Waals surface area contributed by atoms with E-state index in [9.17, 15) is 14.9 Å². The lowest BCUT2D eigenvalue weighted by Gasteiger charge is -2.07. The van der Waals surface area contributed by atoms with Gasteiger partial charge in [-0.05, 0) is 12.5 Å². The van der Waals surface area contributed by atoms with Gasteiger partial charge in [-0.3, -0.25) is 10.1 Å². The summed E-state index contributed by atoms with van der Waals surface area (Å²) in [6, 6.07) is 5.68. The van der Waals surface area contributed by atoms with E-state index in [4.69, 9.17) is 16.1 Å². The number of aromatic carboxylic acids is 1. The zero-order chi connectivity index (χ0) is 15.7. The van der Waals surface area contributed by atoms with E-state index in [1.807, 2.05) is 0 Å². The van der Waals surface area contributed by atoms with E-state index in [2.05, 4.69) is 5.10 Å². The zero-order valence-corrected chi connectivity index (χ0v) is 10.8. The number of carboxylic acids is 1. The summed E-state index contributed by atoms with van der Waals surface area (Å²) in [5.74, 6) is -1.58. The number of hydrogen-bond acceptors (Lipinski definition) is 6. The molecule has 106 valence electrons. The van der Waals surface area contributed by atoms with Crippen molar-refractivity contribution in [1.29, 1.82) is 5.26 Å². The number of nitro benzene ring substituents is 1. The van der Waals surface area contributed by atoms with Crippen LogP contribution in [-0.2, 0) is 0 Å². The Morgan fingerprint density at radius 1 is 1.57 bits per heavy atom. The molecule has 0 radical (unpaired) electrons. The molecule has 0 spiro atoms. The molecular weight excluding hydrogens is 278 g/mol. The van der Waals surface area contributed by atoms with E-state index in [1.54, 1.807) is 13.0 Å². The fraction of sp³-hybridized carbons (Fsp3) is 0.0833. The summed E-state index contributed by atoms with van der Waals surface area (Å²) in [7, 11) is 0. The Balaban J connectivity index is 2.74. The number of nitrogens with two attached hydrogens (primary N) is 1. The van der Waals surface area contributed by atoms with Crippen molar-refractivity contribution in [2.45, 2.75) is 6.92 Å². The number of anilines is 1. The Morgan fingerprint density at radius 3 is 2.71 bits per heavy atom. The standard InChI is InChI=1S/C12H9N5O4/c1-6-2-3-7(17(20)21)4-9(6)16-11(14)8(5-13)10(15-16)12(18)19/h2-4H,14H2,1H3,(H,18,19). The van der Waals surface area contributed by atoms with Crippen LogP contribution >= 0.6 is 0 Å². The third kappa shape index (κ3) is 2.25. The first-order valence-corrected chi connectivity index (χ1v) is 5.64. The Morgan fingerprint density at radius 2 is 2.24 bits per heavy atom. The number of nitrogen functional groups attached to an aromatic ring is 1. The molecule has 0 bridgehead atoms. The summed E-state index contributed by atoms with van der Waals surface area (Å²) >= 11 is 0.